The summed E-state index contributed by atoms with van der Waals surface area (Å²) in [5.41, 5.74) is 6.69. The van der Waals surface area contributed by atoms with Gasteiger partial charge in [-0.15, -0.1) is 0 Å². The monoisotopic (exact) mass is 297 g/mol. The lowest BCUT2D eigenvalue weighted by atomic mass is 10.1. The van der Waals surface area contributed by atoms with Crippen molar-refractivity contribution < 1.29 is 0 Å². The first-order chi connectivity index (χ1) is 8.69. The molecule has 0 aliphatic heterocycles. The van der Waals surface area contributed by atoms with Crippen LogP contribution in [0.3, 0.4) is 0 Å². The summed E-state index contributed by atoms with van der Waals surface area (Å²) >= 11 is 13.8. The van der Waals surface area contributed by atoms with Crippen LogP contribution in [-0.4, -0.2) is 6.54 Å². The van der Waals surface area contributed by atoms with Gasteiger partial charge in [-0.25, -0.2) is 0 Å². The van der Waals surface area contributed by atoms with Gasteiger partial charge in [-0.3, -0.25) is 0 Å². The lowest BCUT2D eigenvalue weighted by molar-refractivity contribution is 0.966. The minimum Gasteiger partial charge on any atom is -0.330 e. The molecule has 0 saturated carbocycles. The SMILES string of the molecule is NCCc1ccc(Sc2cccc(Cl)c2)c(Cl)c1. The maximum Gasteiger partial charge on any atom is 0.0548 e. The highest BCUT2D eigenvalue weighted by Crippen LogP contribution is 2.34. The van der Waals surface area contributed by atoms with Gasteiger partial charge in [0.05, 0.1) is 5.02 Å². The average molecular weight is 298 g/mol. The molecule has 4 heteroatoms. The Morgan fingerprint density at radius 1 is 1.06 bits per heavy atom. The first-order valence-electron chi connectivity index (χ1n) is 5.61. The zero-order valence-corrected chi connectivity index (χ0v) is 12.0. The Hall–Kier alpha value is -0.670. The molecule has 1 nitrogen and oxygen atoms in total. The molecular formula is C14H13Cl2NS. The molecule has 94 valence electrons. The third-order valence-corrected chi connectivity index (χ3v) is 4.18. The molecule has 0 heterocycles. The second-order valence-corrected chi connectivity index (χ2v) is 5.82. The maximum absolute atomic E-state index is 6.26. The largest absolute Gasteiger partial charge is 0.330 e. The molecule has 0 saturated heterocycles. The van der Waals surface area contributed by atoms with E-state index in [2.05, 4.69) is 6.07 Å². The fourth-order valence-corrected chi connectivity index (χ4v) is 3.06. The summed E-state index contributed by atoms with van der Waals surface area (Å²) < 4.78 is 0. The number of benzene rings is 2. The Morgan fingerprint density at radius 3 is 2.56 bits per heavy atom. The van der Waals surface area contributed by atoms with Gasteiger partial charge in [0.15, 0.2) is 0 Å². The van der Waals surface area contributed by atoms with Gasteiger partial charge >= 0.3 is 0 Å². The Labute approximate surface area is 121 Å². The first-order valence-corrected chi connectivity index (χ1v) is 7.18. The van der Waals surface area contributed by atoms with Crippen LogP contribution in [0.15, 0.2) is 52.3 Å². The van der Waals surface area contributed by atoms with Gasteiger partial charge < -0.3 is 5.73 Å². The second kappa shape index (κ2) is 6.48. The second-order valence-electron chi connectivity index (χ2n) is 3.86. The van der Waals surface area contributed by atoms with E-state index in [0.717, 1.165) is 31.8 Å². The van der Waals surface area contributed by atoms with Gasteiger partial charge in [-0.1, -0.05) is 47.1 Å². The van der Waals surface area contributed by atoms with Crippen molar-refractivity contribution in [1.82, 2.24) is 0 Å². The van der Waals surface area contributed by atoms with Gasteiger partial charge in [0.2, 0.25) is 0 Å². The lowest BCUT2D eigenvalue weighted by Gasteiger charge is -2.06. The van der Waals surface area contributed by atoms with E-state index in [0.29, 0.717) is 6.54 Å². The zero-order valence-electron chi connectivity index (χ0n) is 9.70. The fourth-order valence-electron chi connectivity index (χ4n) is 1.61. The van der Waals surface area contributed by atoms with Gasteiger partial charge in [0.25, 0.3) is 0 Å². The Kier molecular flexibility index (Phi) is 4.95. The Morgan fingerprint density at radius 2 is 1.89 bits per heavy atom. The van der Waals surface area contributed by atoms with Gasteiger partial charge in [-0.2, -0.15) is 0 Å². The van der Waals surface area contributed by atoms with Crippen molar-refractivity contribution in [3.63, 3.8) is 0 Å². The van der Waals surface area contributed by atoms with Crippen LogP contribution in [-0.2, 0) is 6.42 Å². The van der Waals surface area contributed by atoms with Crippen molar-refractivity contribution in [3.05, 3.63) is 58.1 Å². The van der Waals surface area contributed by atoms with Gasteiger partial charge in [0, 0.05) is 14.8 Å². The van der Waals surface area contributed by atoms with Crippen molar-refractivity contribution in [2.24, 2.45) is 5.73 Å². The molecule has 2 N–H and O–H groups in total. The quantitative estimate of drug-likeness (QED) is 0.889. The smallest absolute Gasteiger partial charge is 0.0548 e. The van der Waals surface area contributed by atoms with E-state index in [9.17, 15) is 0 Å². The topological polar surface area (TPSA) is 26.0 Å². The molecule has 2 aromatic carbocycles. The minimum absolute atomic E-state index is 0.636. The molecular weight excluding hydrogens is 285 g/mol. The minimum atomic E-state index is 0.636. The molecule has 0 unspecified atom stereocenters. The third-order valence-electron chi connectivity index (χ3n) is 2.45. The molecule has 0 fully saturated rings. The van der Waals surface area contributed by atoms with Crippen molar-refractivity contribution in [1.29, 1.82) is 0 Å². The summed E-state index contributed by atoms with van der Waals surface area (Å²) in [4.78, 5) is 2.11. The summed E-state index contributed by atoms with van der Waals surface area (Å²) in [7, 11) is 0. The van der Waals surface area contributed by atoms with E-state index in [1.54, 1.807) is 11.8 Å². The summed E-state index contributed by atoms with van der Waals surface area (Å²) in [6, 6.07) is 13.8. The van der Waals surface area contributed by atoms with Crippen LogP contribution in [0, 0.1) is 0 Å². The van der Waals surface area contributed by atoms with E-state index < -0.39 is 0 Å². The van der Waals surface area contributed by atoms with E-state index in [4.69, 9.17) is 28.9 Å². The molecule has 18 heavy (non-hydrogen) atoms. The number of hydrogen-bond donors (Lipinski definition) is 1. The highest BCUT2D eigenvalue weighted by molar-refractivity contribution is 7.99. The molecule has 0 spiro atoms. The van der Waals surface area contributed by atoms with E-state index in [-0.39, 0.29) is 0 Å². The summed E-state index contributed by atoms with van der Waals surface area (Å²) in [5, 5.41) is 1.49. The summed E-state index contributed by atoms with van der Waals surface area (Å²) in [5.74, 6) is 0. The standard InChI is InChI=1S/C14H13Cl2NS/c15-11-2-1-3-12(9-11)18-14-5-4-10(6-7-17)8-13(14)16/h1-5,8-9H,6-7,17H2. The van der Waals surface area contributed by atoms with Crippen molar-refractivity contribution in [2.45, 2.75) is 16.2 Å². The Balaban J connectivity index is 2.19. The molecule has 2 aromatic rings. The highest BCUT2D eigenvalue weighted by atomic mass is 35.5. The van der Waals surface area contributed by atoms with Crippen LogP contribution in [0.4, 0.5) is 0 Å². The molecule has 2 rings (SSSR count). The summed E-state index contributed by atoms with van der Waals surface area (Å²) in [6.45, 7) is 0.636. The van der Waals surface area contributed by atoms with Crippen LogP contribution >= 0.6 is 35.0 Å². The number of hydrogen-bond acceptors (Lipinski definition) is 2. The van der Waals surface area contributed by atoms with Crippen molar-refractivity contribution in [3.8, 4) is 0 Å². The first kappa shape index (κ1) is 13.8. The van der Waals surface area contributed by atoms with Crippen LogP contribution in [0.1, 0.15) is 5.56 Å². The summed E-state index contributed by atoms with van der Waals surface area (Å²) in [6.07, 6.45) is 0.849. The van der Waals surface area contributed by atoms with E-state index in [1.165, 1.54) is 0 Å². The number of nitrogens with two attached hydrogens (primary N) is 1. The van der Waals surface area contributed by atoms with Crippen molar-refractivity contribution >= 4 is 35.0 Å². The zero-order chi connectivity index (χ0) is 13.0. The average Bonchev–Trinajstić information content (AvgIpc) is 2.33. The molecule has 0 aromatic heterocycles. The van der Waals surface area contributed by atoms with Crippen LogP contribution in [0.5, 0.6) is 0 Å². The van der Waals surface area contributed by atoms with Crippen LogP contribution in [0.25, 0.3) is 0 Å². The normalized spacial score (nSPS) is 10.6. The third kappa shape index (κ3) is 3.66. The lowest BCUT2D eigenvalue weighted by Crippen LogP contribution is -2.02. The predicted molar refractivity (Wildman–Crippen MR) is 79.8 cm³/mol. The fraction of sp³-hybridized carbons (Fsp3) is 0.143. The van der Waals surface area contributed by atoms with E-state index >= 15 is 0 Å². The maximum atomic E-state index is 6.26. The Bertz CT molecular complexity index is 543. The van der Waals surface area contributed by atoms with E-state index in [1.807, 2.05) is 36.4 Å². The molecule has 0 atom stereocenters. The molecule has 0 aliphatic carbocycles. The molecule has 0 aliphatic rings. The molecule has 0 amide bonds. The van der Waals surface area contributed by atoms with Crippen LogP contribution in [0.2, 0.25) is 10.0 Å². The predicted octanol–water partition coefficient (Wildman–Crippen LogP) is 4.65. The van der Waals surface area contributed by atoms with Gasteiger partial charge in [0.1, 0.15) is 0 Å². The number of halogens is 2. The van der Waals surface area contributed by atoms with Crippen molar-refractivity contribution in [2.75, 3.05) is 6.54 Å². The molecule has 0 radical (unpaired) electrons. The highest BCUT2D eigenvalue weighted by Gasteiger charge is 2.04. The van der Waals surface area contributed by atoms with Gasteiger partial charge in [-0.05, 0) is 48.9 Å². The van der Waals surface area contributed by atoms with Crippen LogP contribution < -0.4 is 5.73 Å². The number of rotatable bonds is 4. The molecule has 0 bridgehead atoms.